The number of ether oxygens (including phenoxy) is 2. The van der Waals surface area contributed by atoms with Crippen molar-refractivity contribution in [2.45, 2.75) is 12.8 Å². The summed E-state index contributed by atoms with van der Waals surface area (Å²) in [5.41, 5.74) is 0.802. The first kappa shape index (κ1) is 10.3. The van der Waals surface area contributed by atoms with Gasteiger partial charge in [0.1, 0.15) is 11.8 Å². The Kier molecular flexibility index (Phi) is 2.55. The highest BCUT2D eigenvalue weighted by Crippen LogP contribution is 2.36. The number of rotatable bonds is 4. The summed E-state index contributed by atoms with van der Waals surface area (Å²) in [4.78, 5) is 8.23. The third kappa shape index (κ3) is 2.02. The second-order valence-corrected chi connectivity index (χ2v) is 4.31. The molecule has 0 N–H and O–H groups in total. The van der Waals surface area contributed by atoms with Gasteiger partial charge in [-0.15, -0.1) is 0 Å². The number of hydrogen-bond donors (Lipinski definition) is 0. The van der Waals surface area contributed by atoms with Crippen LogP contribution in [0.1, 0.15) is 12.8 Å². The SMILES string of the molecule is COc1c(OCC2CC2)ccc2cncnc12. The first-order chi connectivity index (χ1) is 8.38. The molecule has 0 amide bonds. The lowest BCUT2D eigenvalue weighted by Crippen LogP contribution is -2.01. The standard InChI is InChI=1S/C13H14N2O2/c1-16-13-11(17-7-9-2-3-9)5-4-10-6-14-8-15-12(10)13/h4-6,8-9H,2-3,7H2,1H3. The van der Waals surface area contributed by atoms with E-state index in [0.717, 1.165) is 29.2 Å². The van der Waals surface area contributed by atoms with Gasteiger partial charge in [0.05, 0.1) is 13.7 Å². The maximum Gasteiger partial charge on any atom is 0.187 e. The summed E-state index contributed by atoms with van der Waals surface area (Å²) in [6, 6.07) is 3.88. The Morgan fingerprint density at radius 1 is 1.35 bits per heavy atom. The monoisotopic (exact) mass is 230 g/mol. The van der Waals surface area contributed by atoms with E-state index in [1.54, 1.807) is 13.3 Å². The third-order valence-electron chi connectivity index (χ3n) is 2.97. The van der Waals surface area contributed by atoms with Crippen LogP contribution in [0.25, 0.3) is 10.9 Å². The van der Waals surface area contributed by atoms with Crippen LogP contribution < -0.4 is 9.47 Å². The molecule has 0 atom stereocenters. The summed E-state index contributed by atoms with van der Waals surface area (Å²) in [5, 5.41) is 0.961. The molecule has 2 aromatic rings. The van der Waals surface area contributed by atoms with Crippen molar-refractivity contribution in [1.82, 2.24) is 9.97 Å². The fourth-order valence-electron chi connectivity index (χ4n) is 1.81. The van der Waals surface area contributed by atoms with E-state index in [4.69, 9.17) is 9.47 Å². The van der Waals surface area contributed by atoms with Crippen molar-refractivity contribution in [2.75, 3.05) is 13.7 Å². The van der Waals surface area contributed by atoms with Crippen LogP contribution in [-0.2, 0) is 0 Å². The zero-order valence-electron chi connectivity index (χ0n) is 9.72. The Morgan fingerprint density at radius 3 is 3.00 bits per heavy atom. The zero-order chi connectivity index (χ0) is 11.7. The van der Waals surface area contributed by atoms with Crippen LogP contribution in [0.2, 0.25) is 0 Å². The maximum atomic E-state index is 5.77. The van der Waals surface area contributed by atoms with E-state index < -0.39 is 0 Å². The molecule has 0 spiro atoms. The molecule has 1 fully saturated rings. The van der Waals surface area contributed by atoms with E-state index in [9.17, 15) is 0 Å². The number of benzene rings is 1. The summed E-state index contributed by atoms with van der Waals surface area (Å²) in [6.45, 7) is 0.771. The Labute approximate surface area is 99.6 Å². The van der Waals surface area contributed by atoms with Crippen molar-refractivity contribution in [2.24, 2.45) is 5.92 Å². The van der Waals surface area contributed by atoms with Crippen LogP contribution in [0.4, 0.5) is 0 Å². The molecular weight excluding hydrogens is 216 g/mol. The molecule has 0 bridgehead atoms. The predicted molar refractivity (Wildman–Crippen MR) is 64.3 cm³/mol. The fraction of sp³-hybridized carbons (Fsp3) is 0.385. The van der Waals surface area contributed by atoms with Crippen molar-refractivity contribution in [3.8, 4) is 11.5 Å². The molecule has 17 heavy (non-hydrogen) atoms. The molecule has 4 nitrogen and oxygen atoms in total. The van der Waals surface area contributed by atoms with Gasteiger partial charge in [-0.05, 0) is 30.9 Å². The van der Waals surface area contributed by atoms with Crippen LogP contribution in [-0.4, -0.2) is 23.7 Å². The van der Waals surface area contributed by atoms with Crippen molar-refractivity contribution in [3.63, 3.8) is 0 Å². The third-order valence-corrected chi connectivity index (χ3v) is 2.97. The minimum atomic E-state index is 0.700. The van der Waals surface area contributed by atoms with Gasteiger partial charge < -0.3 is 9.47 Å². The average Bonchev–Trinajstić information content (AvgIpc) is 3.19. The van der Waals surface area contributed by atoms with E-state index in [2.05, 4.69) is 9.97 Å². The quantitative estimate of drug-likeness (QED) is 0.809. The topological polar surface area (TPSA) is 44.2 Å². The molecule has 4 heteroatoms. The molecule has 1 aliphatic carbocycles. The normalized spacial score (nSPS) is 14.9. The number of hydrogen-bond acceptors (Lipinski definition) is 4. The molecule has 0 saturated heterocycles. The van der Waals surface area contributed by atoms with Crippen molar-refractivity contribution < 1.29 is 9.47 Å². The highest BCUT2D eigenvalue weighted by molar-refractivity contribution is 5.86. The molecule has 1 aromatic heterocycles. The molecule has 88 valence electrons. The van der Waals surface area contributed by atoms with Gasteiger partial charge in [0.25, 0.3) is 0 Å². The van der Waals surface area contributed by atoms with Crippen molar-refractivity contribution in [3.05, 3.63) is 24.7 Å². The lowest BCUT2D eigenvalue weighted by Gasteiger charge is -2.11. The molecule has 1 aromatic carbocycles. The van der Waals surface area contributed by atoms with Gasteiger partial charge >= 0.3 is 0 Å². The number of nitrogens with zero attached hydrogens (tertiary/aromatic N) is 2. The zero-order valence-corrected chi connectivity index (χ0v) is 9.72. The maximum absolute atomic E-state index is 5.77. The number of aromatic nitrogens is 2. The summed E-state index contributed by atoms with van der Waals surface area (Å²) < 4.78 is 11.2. The summed E-state index contributed by atoms with van der Waals surface area (Å²) in [6.07, 6.45) is 5.85. The van der Waals surface area contributed by atoms with Gasteiger partial charge in [-0.2, -0.15) is 0 Å². The largest absolute Gasteiger partial charge is 0.491 e. The minimum Gasteiger partial charge on any atom is -0.491 e. The van der Waals surface area contributed by atoms with Gasteiger partial charge in [-0.1, -0.05) is 0 Å². The van der Waals surface area contributed by atoms with E-state index in [0.29, 0.717) is 5.75 Å². The molecular formula is C13H14N2O2. The molecule has 1 heterocycles. The van der Waals surface area contributed by atoms with Crippen LogP contribution in [0.3, 0.4) is 0 Å². The van der Waals surface area contributed by atoms with E-state index in [1.807, 2.05) is 12.1 Å². The fourth-order valence-corrected chi connectivity index (χ4v) is 1.81. The lowest BCUT2D eigenvalue weighted by atomic mass is 10.2. The van der Waals surface area contributed by atoms with Crippen LogP contribution in [0, 0.1) is 5.92 Å². The van der Waals surface area contributed by atoms with E-state index in [1.165, 1.54) is 19.2 Å². The van der Waals surface area contributed by atoms with Crippen molar-refractivity contribution >= 4 is 10.9 Å². The van der Waals surface area contributed by atoms with Gasteiger partial charge in [0.15, 0.2) is 11.5 Å². The molecule has 0 unspecified atom stereocenters. The lowest BCUT2D eigenvalue weighted by molar-refractivity contribution is 0.281. The van der Waals surface area contributed by atoms with Crippen LogP contribution >= 0.6 is 0 Å². The summed E-state index contributed by atoms with van der Waals surface area (Å²) >= 11 is 0. The Morgan fingerprint density at radius 2 is 2.24 bits per heavy atom. The van der Waals surface area contributed by atoms with Gasteiger partial charge in [-0.25, -0.2) is 9.97 Å². The first-order valence-electron chi connectivity index (χ1n) is 5.78. The second kappa shape index (κ2) is 4.20. The van der Waals surface area contributed by atoms with Crippen LogP contribution in [0.5, 0.6) is 11.5 Å². The van der Waals surface area contributed by atoms with Gasteiger partial charge in [0.2, 0.25) is 0 Å². The number of methoxy groups -OCH3 is 1. The van der Waals surface area contributed by atoms with Gasteiger partial charge in [-0.3, -0.25) is 0 Å². The highest BCUT2D eigenvalue weighted by atomic mass is 16.5. The van der Waals surface area contributed by atoms with E-state index in [-0.39, 0.29) is 0 Å². The average molecular weight is 230 g/mol. The van der Waals surface area contributed by atoms with E-state index >= 15 is 0 Å². The predicted octanol–water partition coefficient (Wildman–Crippen LogP) is 2.43. The second-order valence-electron chi connectivity index (χ2n) is 4.31. The summed E-state index contributed by atoms with van der Waals surface area (Å²) in [5.74, 6) is 2.19. The summed E-state index contributed by atoms with van der Waals surface area (Å²) in [7, 11) is 1.64. The van der Waals surface area contributed by atoms with Crippen molar-refractivity contribution in [1.29, 1.82) is 0 Å². The Balaban J connectivity index is 1.98. The minimum absolute atomic E-state index is 0.700. The smallest absolute Gasteiger partial charge is 0.187 e. The Hall–Kier alpha value is -1.84. The molecule has 0 radical (unpaired) electrons. The molecule has 3 rings (SSSR count). The molecule has 1 saturated carbocycles. The molecule has 0 aliphatic heterocycles. The molecule has 1 aliphatic rings. The number of fused-ring (bicyclic) bond motifs is 1. The van der Waals surface area contributed by atoms with Crippen LogP contribution in [0.15, 0.2) is 24.7 Å². The van der Waals surface area contributed by atoms with Gasteiger partial charge in [0, 0.05) is 11.6 Å². The highest BCUT2D eigenvalue weighted by Gasteiger charge is 2.23. The Bertz CT molecular complexity index is 538. The first-order valence-corrected chi connectivity index (χ1v) is 5.78.